The third-order valence-electron chi connectivity index (χ3n) is 3.41. The number of hydrogen-bond donors (Lipinski definition) is 1. The maximum atomic E-state index is 13.1. The minimum Gasteiger partial charge on any atom is -0.320 e. The molecule has 3 rings (SSSR count). The summed E-state index contributed by atoms with van der Waals surface area (Å²) in [6.45, 7) is 3.66. The molecule has 0 saturated carbocycles. The SMILES string of the molecule is Cc1cc(C)n2nc(CC(=O)Nc3ccc(F)cc3[N+](=O)[O-])nc2n1. The maximum Gasteiger partial charge on any atom is 0.295 e. The average Bonchev–Trinajstić information content (AvgIpc) is 2.91. The Morgan fingerprint density at radius 1 is 1.32 bits per heavy atom. The van der Waals surface area contributed by atoms with E-state index >= 15 is 0 Å². The largest absolute Gasteiger partial charge is 0.320 e. The standard InChI is InChI=1S/C15H13FN6O3/c1-8-5-9(2)21-15(17-8)19-13(20-21)7-14(23)18-11-4-3-10(16)6-12(11)22(24)25/h3-6H,7H2,1-2H3,(H,18,23). The fourth-order valence-corrected chi connectivity index (χ4v) is 2.38. The van der Waals surface area contributed by atoms with Crippen LogP contribution >= 0.6 is 0 Å². The number of amides is 1. The van der Waals surface area contributed by atoms with Crippen molar-refractivity contribution in [1.82, 2.24) is 19.6 Å². The molecule has 0 aliphatic carbocycles. The van der Waals surface area contributed by atoms with Gasteiger partial charge in [-0.3, -0.25) is 14.9 Å². The third kappa shape index (κ3) is 3.42. The van der Waals surface area contributed by atoms with Crippen LogP contribution < -0.4 is 5.32 Å². The highest BCUT2D eigenvalue weighted by Crippen LogP contribution is 2.25. The Labute approximate surface area is 140 Å². The number of carbonyl (C=O) groups excluding carboxylic acids is 1. The zero-order valence-electron chi connectivity index (χ0n) is 13.4. The van der Waals surface area contributed by atoms with Gasteiger partial charge in [-0.25, -0.2) is 13.9 Å². The highest BCUT2D eigenvalue weighted by Gasteiger charge is 2.18. The van der Waals surface area contributed by atoms with Gasteiger partial charge in [0.25, 0.3) is 11.5 Å². The number of carbonyl (C=O) groups is 1. The maximum absolute atomic E-state index is 13.1. The van der Waals surface area contributed by atoms with E-state index in [4.69, 9.17) is 0 Å². The predicted octanol–water partition coefficient (Wildman–Crippen LogP) is 1.97. The van der Waals surface area contributed by atoms with Gasteiger partial charge in [0, 0.05) is 11.4 Å². The van der Waals surface area contributed by atoms with Gasteiger partial charge in [0.05, 0.1) is 17.4 Å². The van der Waals surface area contributed by atoms with Crippen LogP contribution in [0.2, 0.25) is 0 Å². The van der Waals surface area contributed by atoms with Crippen LogP contribution in [0, 0.1) is 29.8 Å². The van der Waals surface area contributed by atoms with Crippen LogP contribution in [0.1, 0.15) is 17.2 Å². The molecule has 2 aromatic heterocycles. The second-order valence-electron chi connectivity index (χ2n) is 5.42. The summed E-state index contributed by atoms with van der Waals surface area (Å²) >= 11 is 0. The van der Waals surface area contributed by atoms with E-state index in [0.29, 0.717) is 5.78 Å². The van der Waals surface area contributed by atoms with Crippen LogP contribution in [0.25, 0.3) is 5.78 Å². The fourth-order valence-electron chi connectivity index (χ4n) is 2.38. The number of nitro groups is 1. The molecule has 0 fully saturated rings. The summed E-state index contributed by atoms with van der Waals surface area (Å²) < 4.78 is 14.6. The first-order chi connectivity index (χ1) is 11.8. The van der Waals surface area contributed by atoms with Crippen molar-refractivity contribution in [2.24, 2.45) is 0 Å². The summed E-state index contributed by atoms with van der Waals surface area (Å²) in [4.78, 5) is 30.7. The van der Waals surface area contributed by atoms with Gasteiger partial charge in [0.2, 0.25) is 5.91 Å². The lowest BCUT2D eigenvalue weighted by atomic mass is 10.2. The number of fused-ring (bicyclic) bond motifs is 1. The lowest BCUT2D eigenvalue weighted by molar-refractivity contribution is -0.384. The Morgan fingerprint density at radius 3 is 2.80 bits per heavy atom. The number of aromatic nitrogens is 4. The zero-order chi connectivity index (χ0) is 18.1. The zero-order valence-corrected chi connectivity index (χ0v) is 13.4. The van der Waals surface area contributed by atoms with E-state index in [1.54, 1.807) is 0 Å². The van der Waals surface area contributed by atoms with Crippen LogP contribution in [-0.2, 0) is 11.2 Å². The van der Waals surface area contributed by atoms with Gasteiger partial charge >= 0.3 is 0 Å². The first-order valence-corrected chi connectivity index (χ1v) is 7.27. The van der Waals surface area contributed by atoms with Gasteiger partial charge in [-0.15, -0.1) is 5.10 Å². The minimum absolute atomic E-state index is 0.0923. The summed E-state index contributed by atoms with van der Waals surface area (Å²) in [5, 5.41) is 17.5. The van der Waals surface area contributed by atoms with Crippen LogP contribution in [0.5, 0.6) is 0 Å². The van der Waals surface area contributed by atoms with Crippen LogP contribution in [0.3, 0.4) is 0 Å². The number of nitrogens with one attached hydrogen (secondary N) is 1. The van der Waals surface area contributed by atoms with Crippen molar-refractivity contribution in [2.45, 2.75) is 20.3 Å². The van der Waals surface area contributed by atoms with E-state index < -0.39 is 22.3 Å². The molecule has 0 spiro atoms. The quantitative estimate of drug-likeness (QED) is 0.571. The number of hydrogen-bond acceptors (Lipinski definition) is 6. The van der Waals surface area contributed by atoms with Gasteiger partial charge in [-0.1, -0.05) is 0 Å². The van der Waals surface area contributed by atoms with Gasteiger partial charge < -0.3 is 5.32 Å². The van der Waals surface area contributed by atoms with Gasteiger partial charge in [-0.2, -0.15) is 4.98 Å². The summed E-state index contributed by atoms with van der Waals surface area (Å²) in [6.07, 6.45) is -0.198. The lowest BCUT2D eigenvalue weighted by Gasteiger charge is -2.04. The van der Waals surface area contributed by atoms with Gasteiger partial charge in [0.1, 0.15) is 11.5 Å². The highest BCUT2D eigenvalue weighted by molar-refractivity contribution is 5.94. The summed E-state index contributed by atoms with van der Waals surface area (Å²) in [6, 6.07) is 4.74. The van der Waals surface area contributed by atoms with Gasteiger partial charge in [-0.05, 0) is 32.0 Å². The van der Waals surface area contributed by atoms with Crippen molar-refractivity contribution in [3.05, 3.63) is 57.4 Å². The number of rotatable bonds is 4. The van der Waals surface area contributed by atoms with Crippen molar-refractivity contribution >= 4 is 23.1 Å². The number of nitro benzene ring substituents is 1. The van der Waals surface area contributed by atoms with Gasteiger partial charge in [0.15, 0.2) is 5.82 Å². The molecule has 10 heteroatoms. The topological polar surface area (TPSA) is 115 Å². The van der Waals surface area contributed by atoms with Crippen LogP contribution in [0.4, 0.5) is 15.8 Å². The first kappa shape index (κ1) is 16.4. The van der Waals surface area contributed by atoms with E-state index in [2.05, 4.69) is 20.4 Å². The molecule has 0 radical (unpaired) electrons. The predicted molar refractivity (Wildman–Crippen MR) is 85.6 cm³/mol. The number of nitrogens with zero attached hydrogens (tertiary/aromatic N) is 5. The van der Waals surface area contributed by atoms with E-state index in [-0.39, 0.29) is 17.9 Å². The molecule has 0 atom stereocenters. The number of aryl methyl sites for hydroxylation is 2. The molecule has 9 nitrogen and oxygen atoms in total. The molecule has 1 aromatic carbocycles. The van der Waals surface area contributed by atoms with Crippen molar-refractivity contribution in [2.75, 3.05) is 5.32 Å². The fraction of sp³-hybridized carbons (Fsp3) is 0.200. The Bertz CT molecular complexity index is 1000. The van der Waals surface area contributed by atoms with Crippen molar-refractivity contribution < 1.29 is 14.1 Å². The summed E-state index contributed by atoms with van der Waals surface area (Å²) in [7, 11) is 0. The van der Waals surface area contributed by atoms with Crippen molar-refractivity contribution in [1.29, 1.82) is 0 Å². The van der Waals surface area contributed by atoms with E-state index in [9.17, 15) is 19.3 Å². The molecule has 1 amide bonds. The summed E-state index contributed by atoms with van der Waals surface area (Å²) in [5.74, 6) is -0.722. The van der Waals surface area contributed by atoms with Crippen molar-refractivity contribution in [3.8, 4) is 0 Å². The molecular formula is C15H13FN6O3. The molecule has 3 aromatic rings. The Kier molecular flexibility index (Phi) is 4.09. The minimum atomic E-state index is -0.766. The highest BCUT2D eigenvalue weighted by atomic mass is 19.1. The second-order valence-corrected chi connectivity index (χ2v) is 5.42. The van der Waals surface area contributed by atoms with E-state index in [0.717, 1.165) is 29.6 Å². The Hall–Kier alpha value is -3.43. The third-order valence-corrected chi connectivity index (χ3v) is 3.41. The Balaban J connectivity index is 1.82. The lowest BCUT2D eigenvalue weighted by Crippen LogP contribution is -2.16. The molecule has 0 saturated heterocycles. The molecular weight excluding hydrogens is 331 g/mol. The molecule has 0 bridgehead atoms. The van der Waals surface area contributed by atoms with Crippen LogP contribution in [0.15, 0.2) is 24.3 Å². The Morgan fingerprint density at radius 2 is 2.08 bits per heavy atom. The molecule has 1 N–H and O–H groups in total. The molecule has 0 aliphatic rings. The molecule has 0 aliphatic heterocycles. The number of halogens is 1. The number of benzene rings is 1. The van der Waals surface area contributed by atoms with E-state index in [1.165, 1.54) is 4.52 Å². The average molecular weight is 344 g/mol. The molecule has 128 valence electrons. The number of anilines is 1. The monoisotopic (exact) mass is 344 g/mol. The normalized spacial score (nSPS) is 10.8. The first-order valence-electron chi connectivity index (χ1n) is 7.27. The molecule has 25 heavy (non-hydrogen) atoms. The van der Waals surface area contributed by atoms with Crippen molar-refractivity contribution in [3.63, 3.8) is 0 Å². The smallest absolute Gasteiger partial charge is 0.295 e. The summed E-state index contributed by atoms with van der Waals surface area (Å²) in [5.41, 5.74) is 0.973. The molecule has 2 heterocycles. The molecule has 0 unspecified atom stereocenters. The second kappa shape index (κ2) is 6.23. The van der Waals surface area contributed by atoms with E-state index in [1.807, 2.05) is 19.9 Å². The van der Waals surface area contributed by atoms with Crippen LogP contribution in [-0.4, -0.2) is 30.4 Å².